The van der Waals surface area contributed by atoms with Crippen molar-refractivity contribution in [1.29, 1.82) is 5.26 Å². The van der Waals surface area contributed by atoms with Gasteiger partial charge in [-0.05, 0) is 62.1 Å². The monoisotopic (exact) mass is 316 g/mol. The molecule has 122 valence electrons. The van der Waals surface area contributed by atoms with Crippen LogP contribution in [0.15, 0.2) is 73.0 Å². The lowest BCUT2D eigenvalue weighted by atomic mass is 9.84. The highest BCUT2D eigenvalue weighted by Gasteiger charge is 2.26. The minimum atomic E-state index is -0.263. The van der Waals surface area contributed by atoms with Gasteiger partial charge in [-0.2, -0.15) is 5.26 Å². The molecule has 0 aliphatic carbocycles. The maximum Gasteiger partial charge on any atom is 0.0991 e. The molecule has 2 heteroatoms. The van der Waals surface area contributed by atoms with Gasteiger partial charge in [-0.25, -0.2) is 0 Å². The van der Waals surface area contributed by atoms with E-state index in [0.29, 0.717) is 5.56 Å². The number of nitrogens with zero attached hydrogens (tertiary/aromatic N) is 1. The Hall–Kier alpha value is -2.79. The molecule has 0 spiro atoms. The van der Waals surface area contributed by atoms with Gasteiger partial charge in [-0.1, -0.05) is 42.5 Å². The van der Waals surface area contributed by atoms with Crippen LogP contribution in [-0.2, 0) is 5.54 Å². The Morgan fingerprint density at radius 2 is 1.71 bits per heavy atom. The summed E-state index contributed by atoms with van der Waals surface area (Å²) < 4.78 is 0. The van der Waals surface area contributed by atoms with Crippen molar-refractivity contribution < 1.29 is 0 Å². The van der Waals surface area contributed by atoms with Crippen LogP contribution in [0.2, 0.25) is 0 Å². The number of rotatable bonds is 6. The fraction of sp³-hybridized carbons (Fsp3) is 0.227. The molecule has 0 bridgehead atoms. The van der Waals surface area contributed by atoms with Crippen molar-refractivity contribution in [2.45, 2.75) is 32.7 Å². The first kappa shape index (κ1) is 17.6. The maximum atomic E-state index is 9.11. The molecule has 0 saturated heterocycles. The third kappa shape index (κ3) is 4.14. The lowest BCUT2D eigenvalue weighted by Gasteiger charge is -2.33. The third-order valence-corrected chi connectivity index (χ3v) is 3.97. The molecule has 24 heavy (non-hydrogen) atoms. The van der Waals surface area contributed by atoms with Crippen molar-refractivity contribution in [2.75, 3.05) is 0 Å². The van der Waals surface area contributed by atoms with Gasteiger partial charge in [0, 0.05) is 5.70 Å². The van der Waals surface area contributed by atoms with E-state index in [2.05, 4.69) is 55.7 Å². The molecule has 0 amide bonds. The topological polar surface area (TPSA) is 35.8 Å². The minimum Gasteiger partial charge on any atom is -0.379 e. The van der Waals surface area contributed by atoms with Crippen molar-refractivity contribution in [1.82, 2.24) is 5.32 Å². The average molecular weight is 316 g/mol. The molecular weight excluding hydrogens is 292 g/mol. The van der Waals surface area contributed by atoms with Crippen LogP contribution >= 0.6 is 0 Å². The van der Waals surface area contributed by atoms with E-state index in [9.17, 15) is 0 Å². The minimum absolute atomic E-state index is 0.263. The summed E-state index contributed by atoms with van der Waals surface area (Å²) in [5.41, 5.74) is 5.76. The number of nitriles is 1. The molecule has 0 aliphatic rings. The van der Waals surface area contributed by atoms with Crippen LogP contribution in [0.25, 0.3) is 11.1 Å². The van der Waals surface area contributed by atoms with Gasteiger partial charge in [0.15, 0.2) is 0 Å². The highest BCUT2D eigenvalue weighted by atomic mass is 15.0. The highest BCUT2D eigenvalue weighted by molar-refractivity contribution is 5.66. The molecular formula is C22H24N2. The molecule has 0 unspecified atom stereocenters. The summed E-state index contributed by atoms with van der Waals surface area (Å²) in [6.45, 7) is 14.2. The van der Waals surface area contributed by atoms with E-state index in [1.54, 1.807) is 0 Å². The molecule has 0 saturated carbocycles. The van der Waals surface area contributed by atoms with E-state index >= 15 is 0 Å². The van der Waals surface area contributed by atoms with Gasteiger partial charge in [-0.3, -0.25) is 0 Å². The Bertz CT molecular complexity index is 793. The van der Waals surface area contributed by atoms with Crippen LogP contribution in [0, 0.1) is 11.3 Å². The van der Waals surface area contributed by atoms with E-state index in [1.165, 1.54) is 5.56 Å². The Kier molecular flexibility index (Phi) is 5.26. The molecule has 2 aromatic rings. The molecule has 0 radical (unpaired) electrons. The predicted octanol–water partition coefficient (Wildman–Crippen LogP) is 5.53. The summed E-state index contributed by atoms with van der Waals surface area (Å²) in [5, 5.41) is 12.6. The average Bonchev–Trinajstić information content (AvgIpc) is 2.53. The molecule has 0 heterocycles. The summed E-state index contributed by atoms with van der Waals surface area (Å²) in [7, 11) is 0. The van der Waals surface area contributed by atoms with Crippen LogP contribution in [0.4, 0.5) is 0 Å². The van der Waals surface area contributed by atoms with Crippen LogP contribution in [0.3, 0.4) is 0 Å². The molecule has 0 aliphatic heterocycles. The van der Waals surface area contributed by atoms with Crippen molar-refractivity contribution in [3.05, 3.63) is 84.1 Å². The first-order valence-corrected chi connectivity index (χ1v) is 8.03. The van der Waals surface area contributed by atoms with E-state index < -0.39 is 0 Å². The Morgan fingerprint density at radius 1 is 1.08 bits per heavy atom. The molecule has 2 nitrogen and oxygen atoms in total. The first-order valence-electron chi connectivity index (χ1n) is 8.03. The van der Waals surface area contributed by atoms with E-state index in [0.717, 1.165) is 28.8 Å². The van der Waals surface area contributed by atoms with E-state index in [-0.39, 0.29) is 5.54 Å². The number of benzene rings is 2. The molecule has 0 aromatic heterocycles. The number of nitrogens with one attached hydrogen (secondary N) is 1. The van der Waals surface area contributed by atoms with E-state index in [4.69, 9.17) is 5.26 Å². The van der Waals surface area contributed by atoms with Crippen LogP contribution in [0.5, 0.6) is 0 Å². The summed E-state index contributed by atoms with van der Waals surface area (Å²) in [5.74, 6) is 0. The molecule has 2 rings (SSSR count). The fourth-order valence-electron chi connectivity index (χ4n) is 3.10. The summed E-state index contributed by atoms with van der Waals surface area (Å²) in [6.07, 6.45) is 0.821. The van der Waals surface area contributed by atoms with Gasteiger partial charge in [0.2, 0.25) is 0 Å². The lowest BCUT2D eigenvalue weighted by molar-refractivity contribution is 0.401. The van der Waals surface area contributed by atoms with Crippen molar-refractivity contribution >= 4 is 0 Å². The zero-order chi connectivity index (χ0) is 17.7. The Labute approximate surface area is 145 Å². The Morgan fingerprint density at radius 3 is 2.29 bits per heavy atom. The zero-order valence-electron chi connectivity index (χ0n) is 14.7. The first-order chi connectivity index (χ1) is 11.3. The standard InChI is InChI=1S/C22H24N2/c1-16(2)14-22(5,24-17(3)4)21-11-7-10-20(13-21)19-9-6-8-18(12-19)15-23/h6-13,24H,1,3,14H2,2,4-5H3/t22-/m0/s1. The van der Waals surface area contributed by atoms with Crippen LogP contribution < -0.4 is 5.32 Å². The second-order valence-corrected chi connectivity index (χ2v) is 6.64. The normalized spacial score (nSPS) is 12.8. The summed E-state index contributed by atoms with van der Waals surface area (Å²) >= 11 is 0. The number of hydrogen-bond acceptors (Lipinski definition) is 2. The van der Waals surface area contributed by atoms with Gasteiger partial charge < -0.3 is 5.32 Å². The van der Waals surface area contributed by atoms with Gasteiger partial charge in [0.1, 0.15) is 0 Å². The van der Waals surface area contributed by atoms with Crippen molar-refractivity contribution in [2.24, 2.45) is 0 Å². The molecule has 1 atom stereocenters. The maximum absolute atomic E-state index is 9.11. The SMILES string of the molecule is C=C(C)C[C@](C)(NC(=C)C)c1cccc(-c2cccc(C#N)c2)c1. The fourth-order valence-corrected chi connectivity index (χ4v) is 3.10. The third-order valence-electron chi connectivity index (χ3n) is 3.97. The Balaban J connectivity index is 2.48. The summed E-state index contributed by atoms with van der Waals surface area (Å²) in [6, 6.07) is 18.3. The lowest BCUT2D eigenvalue weighted by Crippen LogP contribution is -2.38. The zero-order valence-corrected chi connectivity index (χ0v) is 14.7. The van der Waals surface area contributed by atoms with Crippen LogP contribution in [0.1, 0.15) is 38.3 Å². The molecule has 0 fully saturated rings. The largest absolute Gasteiger partial charge is 0.379 e. The van der Waals surface area contributed by atoms with Crippen molar-refractivity contribution in [3.8, 4) is 17.2 Å². The second-order valence-electron chi connectivity index (χ2n) is 6.64. The van der Waals surface area contributed by atoms with E-state index in [1.807, 2.05) is 38.1 Å². The van der Waals surface area contributed by atoms with Gasteiger partial charge in [0.05, 0.1) is 17.2 Å². The quantitative estimate of drug-likeness (QED) is 0.711. The second kappa shape index (κ2) is 7.19. The van der Waals surface area contributed by atoms with Crippen molar-refractivity contribution in [3.63, 3.8) is 0 Å². The number of hydrogen-bond donors (Lipinski definition) is 1. The molecule has 1 N–H and O–H groups in total. The number of allylic oxidation sites excluding steroid dienone is 1. The molecule has 2 aromatic carbocycles. The smallest absolute Gasteiger partial charge is 0.0991 e. The highest BCUT2D eigenvalue weighted by Crippen LogP contribution is 2.32. The van der Waals surface area contributed by atoms with Gasteiger partial charge in [-0.15, -0.1) is 6.58 Å². The predicted molar refractivity (Wildman–Crippen MR) is 101 cm³/mol. The van der Waals surface area contributed by atoms with Gasteiger partial charge in [0.25, 0.3) is 0 Å². The van der Waals surface area contributed by atoms with Gasteiger partial charge >= 0.3 is 0 Å². The summed E-state index contributed by atoms with van der Waals surface area (Å²) in [4.78, 5) is 0. The van der Waals surface area contributed by atoms with Crippen LogP contribution in [-0.4, -0.2) is 0 Å².